The second-order valence-corrected chi connectivity index (χ2v) is 4.27. The summed E-state index contributed by atoms with van der Waals surface area (Å²) in [6.07, 6.45) is -2.32. The topological polar surface area (TPSA) is 95.9 Å². The minimum absolute atomic E-state index is 0.191. The lowest BCUT2D eigenvalue weighted by atomic mass is 9.86. The van der Waals surface area contributed by atoms with Crippen LogP contribution in [0.1, 0.15) is 20.3 Å². The van der Waals surface area contributed by atoms with Gasteiger partial charge in [-0.3, -0.25) is 0 Å². The van der Waals surface area contributed by atoms with E-state index in [9.17, 15) is 10.2 Å². The van der Waals surface area contributed by atoms with E-state index >= 15 is 0 Å². The van der Waals surface area contributed by atoms with Gasteiger partial charge in [-0.05, 0) is 5.92 Å². The first-order chi connectivity index (χ1) is 7.02. The molecule has 6 atom stereocenters. The van der Waals surface area contributed by atoms with E-state index in [1.54, 1.807) is 0 Å². The molecule has 0 aromatic carbocycles. The third-order valence-corrected chi connectivity index (χ3v) is 3.22. The third kappa shape index (κ3) is 2.49. The van der Waals surface area contributed by atoms with Crippen LogP contribution in [0.25, 0.3) is 0 Å². The number of nitrogens with two attached hydrogens (primary N) is 1. The number of aliphatic hydroxyl groups is 3. The molecule has 1 fully saturated rings. The first kappa shape index (κ1) is 12.9. The molecule has 5 heteroatoms. The summed E-state index contributed by atoms with van der Waals surface area (Å²) in [6, 6.07) is -0.599. The molecular formula is C10H21NO4. The highest BCUT2D eigenvalue weighted by molar-refractivity contribution is 4.95. The number of hydrogen-bond donors (Lipinski definition) is 4. The highest BCUT2D eigenvalue weighted by Crippen LogP contribution is 2.25. The number of aliphatic hydroxyl groups excluding tert-OH is 3. The zero-order valence-electron chi connectivity index (χ0n) is 9.21. The molecule has 0 radical (unpaired) electrons. The van der Waals surface area contributed by atoms with Crippen molar-refractivity contribution in [1.29, 1.82) is 0 Å². The van der Waals surface area contributed by atoms with Crippen molar-refractivity contribution in [2.75, 3.05) is 6.61 Å². The largest absolute Gasteiger partial charge is 0.394 e. The molecule has 0 amide bonds. The lowest BCUT2D eigenvalue weighted by molar-refractivity contribution is -0.199. The van der Waals surface area contributed by atoms with Crippen LogP contribution < -0.4 is 5.73 Å². The van der Waals surface area contributed by atoms with Gasteiger partial charge in [-0.15, -0.1) is 0 Å². The van der Waals surface area contributed by atoms with Crippen molar-refractivity contribution in [2.24, 2.45) is 11.7 Å². The van der Waals surface area contributed by atoms with Gasteiger partial charge in [0, 0.05) is 0 Å². The zero-order valence-corrected chi connectivity index (χ0v) is 9.21. The standard InChI is InChI=1S/C10H21NO4/c1-3-5(2)10-7(11)9(14)8(13)6(4-12)15-10/h5-10,12-14H,3-4,11H2,1-2H3. The van der Waals surface area contributed by atoms with E-state index in [1.165, 1.54) is 0 Å². The first-order valence-electron chi connectivity index (χ1n) is 5.40. The molecule has 1 heterocycles. The number of hydrogen-bond acceptors (Lipinski definition) is 5. The molecule has 0 aromatic rings. The Kier molecular flexibility index (Phi) is 4.48. The van der Waals surface area contributed by atoms with Crippen LogP contribution in [-0.2, 0) is 4.74 Å². The fourth-order valence-electron chi connectivity index (χ4n) is 1.91. The molecule has 5 nitrogen and oxygen atoms in total. The predicted molar refractivity (Wildman–Crippen MR) is 55.2 cm³/mol. The monoisotopic (exact) mass is 219 g/mol. The molecule has 15 heavy (non-hydrogen) atoms. The summed E-state index contributed by atoms with van der Waals surface area (Å²) in [5.74, 6) is 0.191. The van der Waals surface area contributed by atoms with Crippen molar-refractivity contribution in [1.82, 2.24) is 0 Å². The van der Waals surface area contributed by atoms with E-state index in [-0.39, 0.29) is 18.6 Å². The van der Waals surface area contributed by atoms with Crippen LogP contribution in [0, 0.1) is 5.92 Å². The normalized spacial score (nSPS) is 44.0. The van der Waals surface area contributed by atoms with Gasteiger partial charge in [0.1, 0.15) is 18.3 Å². The Morgan fingerprint density at radius 2 is 1.93 bits per heavy atom. The third-order valence-electron chi connectivity index (χ3n) is 3.22. The second-order valence-electron chi connectivity index (χ2n) is 4.27. The van der Waals surface area contributed by atoms with E-state index in [4.69, 9.17) is 15.6 Å². The molecule has 1 saturated heterocycles. The van der Waals surface area contributed by atoms with Crippen molar-refractivity contribution in [2.45, 2.75) is 50.7 Å². The first-order valence-corrected chi connectivity index (χ1v) is 5.40. The van der Waals surface area contributed by atoms with Gasteiger partial charge >= 0.3 is 0 Å². The van der Waals surface area contributed by atoms with Crippen molar-refractivity contribution in [3.63, 3.8) is 0 Å². The Bertz CT molecular complexity index is 200. The Hall–Kier alpha value is -0.200. The highest BCUT2D eigenvalue weighted by atomic mass is 16.5. The van der Waals surface area contributed by atoms with Crippen LogP contribution in [0.15, 0.2) is 0 Å². The minimum atomic E-state index is -1.11. The Balaban J connectivity index is 2.74. The number of ether oxygens (including phenoxy) is 1. The zero-order chi connectivity index (χ0) is 11.6. The van der Waals surface area contributed by atoms with E-state index in [0.717, 1.165) is 6.42 Å². The Morgan fingerprint density at radius 1 is 1.33 bits per heavy atom. The van der Waals surface area contributed by atoms with E-state index in [2.05, 4.69) is 0 Å². The van der Waals surface area contributed by atoms with Gasteiger partial charge in [0.15, 0.2) is 0 Å². The van der Waals surface area contributed by atoms with Crippen LogP contribution in [0.2, 0.25) is 0 Å². The van der Waals surface area contributed by atoms with Gasteiger partial charge in [-0.2, -0.15) is 0 Å². The van der Waals surface area contributed by atoms with Crippen molar-refractivity contribution in [3.05, 3.63) is 0 Å². The smallest absolute Gasteiger partial charge is 0.110 e. The summed E-state index contributed by atoms with van der Waals surface area (Å²) in [5, 5.41) is 28.3. The van der Waals surface area contributed by atoms with Crippen LogP contribution in [0.4, 0.5) is 0 Å². The van der Waals surface area contributed by atoms with Crippen LogP contribution in [0.3, 0.4) is 0 Å². The fourth-order valence-corrected chi connectivity index (χ4v) is 1.91. The SMILES string of the molecule is CCC(C)C1OC(CO)C(O)C(O)C1N. The van der Waals surface area contributed by atoms with Crippen molar-refractivity contribution in [3.8, 4) is 0 Å². The van der Waals surface area contributed by atoms with Crippen LogP contribution in [-0.4, -0.2) is 52.4 Å². The summed E-state index contributed by atoms with van der Waals surface area (Å²) < 4.78 is 5.50. The maximum atomic E-state index is 9.70. The molecule has 1 aliphatic rings. The predicted octanol–water partition coefficient (Wildman–Crippen LogP) is -1.16. The van der Waals surface area contributed by atoms with Gasteiger partial charge in [-0.1, -0.05) is 20.3 Å². The maximum absolute atomic E-state index is 9.70. The molecule has 0 spiro atoms. The summed E-state index contributed by atoms with van der Waals surface area (Å²) in [6.45, 7) is 3.67. The van der Waals surface area contributed by atoms with Gasteiger partial charge in [0.2, 0.25) is 0 Å². The molecule has 1 rings (SSSR count). The van der Waals surface area contributed by atoms with Gasteiger partial charge in [-0.25, -0.2) is 0 Å². The van der Waals surface area contributed by atoms with Gasteiger partial charge in [0.05, 0.1) is 18.8 Å². The molecule has 5 N–H and O–H groups in total. The van der Waals surface area contributed by atoms with Crippen molar-refractivity contribution < 1.29 is 20.1 Å². The molecule has 6 unspecified atom stereocenters. The fraction of sp³-hybridized carbons (Fsp3) is 1.00. The molecule has 0 aromatic heterocycles. The van der Waals surface area contributed by atoms with E-state index < -0.39 is 24.4 Å². The molecule has 1 aliphatic heterocycles. The molecule has 0 aliphatic carbocycles. The molecule has 0 bridgehead atoms. The molecular weight excluding hydrogens is 198 g/mol. The average Bonchev–Trinajstić information content (AvgIpc) is 2.25. The lowest BCUT2D eigenvalue weighted by Crippen LogP contribution is -2.63. The quantitative estimate of drug-likeness (QED) is 0.480. The summed E-state index contributed by atoms with van der Waals surface area (Å²) in [5.41, 5.74) is 5.79. The summed E-state index contributed by atoms with van der Waals surface area (Å²) >= 11 is 0. The van der Waals surface area contributed by atoms with Crippen molar-refractivity contribution >= 4 is 0 Å². The van der Waals surface area contributed by atoms with E-state index in [1.807, 2.05) is 13.8 Å². The van der Waals surface area contributed by atoms with Crippen LogP contribution >= 0.6 is 0 Å². The second kappa shape index (κ2) is 5.23. The average molecular weight is 219 g/mol. The lowest BCUT2D eigenvalue weighted by Gasteiger charge is -2.43. The molecule has 0 saturated carbocycles. The van der Waals surface area contributed by atoms with Gasteiger partial charge < -0.3 is 25.8 Å². The summed E-state index contributed by atoms with van der Waals surface area (Å²) in [7, 11) is 0. The summed E-state index contributed by atoms with van der Waals surface area (Å²) in [4.78, 5) is 0. The Morgan fingerprint density at radius 3 is 2.40 bits per heavy atom. The number of rotatable bonds is 3. The Labute approximate surface area is 89.9 Å². The molecule has 90 valence electrons. The van der Waals surface area contributed by atoms with Crippen LogP contribution in [0.5, 0.6) is 0 Å². The maximum Gasteiger partial charge on any atom is 0.110 e. The highest BCUT2D eigenvalue weighted by Gasteiger charge is 2.43. The minimum Gasteiger partial charge on any atom is -0.394 e. The van der Waals surface area contributed by atoms with Gasteiger partial charge in [0.25, 0.3) is 0 Å². The van der Waals surface area contributed by atoms with E-state index in [0.29, 0.717) is 0 Å².